The summed E-state index contributed by atoms with van der Waals surface area (Å²) in [6.45, 7) is 3.92. The summed E-state index contributed by atoms with van der Waals surface area (Å²) < 4.78 is 13.4. The van der Waals surface area contributed by atoms with Crippen molar-refractivity contribution in [2.75, 3.05) is 5.75 Å². The number of thioether (sulfide) groups is 1. The van der Waals surface area contributed by atoms with Crippen LogP contribution in [-0.2, 0) is 0 Å². The van der Waals surface area contributed by atoms with Gasteiger partial charge in [0.05, 0.1) is 27.9 Å². The molecule has 0 bridgehead atoms. The Labute approximate surface area is 160 Å². The molecule has 132 valence electrons. The third-order valence-corrected chi connectivity index (χ3v) is 5.62. The van der Waals surface area contributed by atoms with Crippen LogP contribution in [0.1, 0.15) is 29.8 Å². The average molecular weight is 388 g/mol. The van der Waals surface area contributed by atoms with Gasteiger partial charge in [-0.2, -0.15) is 5.26 Å². The number of hydrogen-bond acceptors (Lipinski definition) is 4. The van der Waals surface area contributed by atoms with E-state index in [0.717, 1.165) is 0 Å². The second-order valence-corrected chi connectivity index (χ2v) is 7.77. The van der Waals surface area contributed by atoms with Gasteiger partial charge in [-0.05, 0) is 56.3 Å². The zero-order valence-electron chi connectivity index (χ0n) is 14.2. The van der Waals surface area contributed by atoms with Crippen molar-refractivity contribution in [3.63, 3.8) is 0 Å². The molecular weight excluding hydrogens is 373 g/mol. The predicted molar refractivity (Wildman–Crippen MR) is 102 cm³/mol. The number of aliphatic imine (C=N–C) groups is 1. The molecule has 26 heavy (non-hydrogen) atoms. The molecule has 0 saturated carbocycles. The molecule has 1 aliphatic heterocycles. The Morgan fingerprint density at radius 2 is 2.00 bits per heavy atom. The summed E-state index contributed by atoms with van der Waals surface area (Å²) in [6, 6.07) is 12.7. The van der Waals surface area contributed by atoms with E-state index in [0.29, 0.717) is 27.7 Å². The molecular formula is C19H15ClFN3OS. The number of amides is 1. The van der Waals surface area contributed by atoms with Crippen molar-refractivity contribution in [2.24, 2.45) is 4.99 Å². The number of carbonyl (C=O) groups excluding carboxylic acids is 1. The highest BCUT2D eigenvalue weighted by atomic mass is 35.5. The van der Waals surface area contributed by atoms with Crippen LogP contribution in [0, 0.1) is 17.1 Å². The molecule has 2 aromatic rings. The minimum absolute atomic E-state index is 0.0147. The highest BCUT2D eigenvalue weighted by Crippen LogP contribution is 2.36. The first-order valence-corrected chi connectivity index (χ1v) is 9.19. The second kappa shape index (κ2) is 7.10. The minimum atomic E-state index is -0.513. The fourth-order valence-corrected chi connectivity index (χ4v) is 3.97. The first kappa shape index (κ1) is 18.4. The van der Waals surface area contributed by atoms with E-state index in [9.17, 15) is 9.18 Å². The number of carbonyl (C=O) groups is 1. The van der Waals surface area contributed by atoms with Gasteiger partial charge in [0, 0.05) is 11.3 Å². The van der Waals surface area contributed by atoms with Gasteiger partial charge in [0.2, 0.25) is 0 Å². The second-order valence-electron chi connectivity index (χ2n) is 6.42. The molecule has 1 heterocycles. The Bertz CT molecular complexity index is 935. The number of rotatable bonds is 2. The summed E-state index contributed by atoms with van der Waals surface area (Å²) >= 11 is 7.28. The monoisotopic (exact) mass is 387 g/mol. The van der Waals surface area contributed by atoms with Crippen LogP contribution in [0.15, 0.2) is 47.5 Å². The molecule has 1 fully saturated rings. The van der Waals surface area contributed by atoms with Crippen molar-refractivity contribution in [1.29, 1.82) is 5.26 Å². The van der Waals surface area contributed by atoms with Gasteiger partial charge < -0.3 is 0 Å². The maximum Gasteiger partial charge on any atom is 0.260 e. The van der Waals surface area contributed by atoms with Crippen LogP contribution >= 0.6 is 23.4 Å². The lowest BCUT2D eigenvalue weighted by atomic mass is 10.0. The summed E-state index contributed by atoms with van der Waals surface area (Å²) in [4.78, 5) is 19.2. The molecule has 0 spiro atoms. The van der Waals surface area contributed by atoms with E-state index in [1.807, 2.05) is 19.9 Å². The molecule has 1 aliphatic rings. The van der Waals surface area contributed by atoms with Crippen molar-refractivity contribution in [3.8, 4) is 6.07 Å². The van der Waals surface area contributed by atoms with Crippen LogP contribution in [0.4, 0.5) is 10.1 Å². The van der Waals surface area contributed by atoms with Gasteiger partial charge >= 0.3 is 0 Å². The molecule has 0 aromatic heterocycles. The molecule has 0 N–H and O–H groups in total. The third-order valence-electron chi connectivity index (χ3n) is 3.94. The first-order chi connectivity index (χ1) is 12.3. The maximum atomic E-state index is 13.4. The van der Waals surface area contributed by atoms with E-state index in [2.05, 4.69) is 4.99 Å². The normalized spacial score (nSPS) is 17.3. The van der Waals surface area contributed by atoms with Gasteiger partial charge in [-0.15, -0.1) is 0 Å². The molecule has 0 atom stereocenters. The summed E-state index contributed by atoms with van der Waals surface area (Å²) in [5, 5.41) is 9.42. The van der Waals surface area contributed by atoms with Crippen molar-refractivity contribution < 1.29 is 9.18 Å². The van der Waals surface area contributed by atoms with Crippen molar-refractivity contribution in [3.05, 3.63) is 64.4 Å². The highest BCUT2D eigenvalue weighted by molar-refractivity contribution is 8.14. The van der Waals surface area contributed by atoms with Crippen molar-refractivity contribution >= 4 is 40.1 Å². The Balaban J connectivity index is 1.97. The van der Waals surface area contributed by atoms with Crippen molar-refractivity contribution in [2.45, 2.75) is 19.4 Å². The SMILES string of the molecule is CC1(C)CSC(=Nc2ccc(F)c(Cl)c2)N1C(=O)c1ccc(C#N)cc1. The summed E-state index contributed by atoms with van der Waals surface area (Å²) in [7, 11) is 0. The number of benzene rings is 2. The summed E-state index contributed by atoms with van der Waals surface area (Å²) in [5.74, 6) is -0.0278. The van der Waals surface area contributed by atoms with Gasteiger partial charge in [0.1, 0.15) is 5.82 Å². The van der Waals surface area contributed by atoms with Gasteiger partial charge in [0.15, 0.2) is 5.17 Å². The maximum absolute atomic E-state index is 13.4. The van der Waals surface area contributed by atoms with Crippen molar-refractivity contribution in [1.82, 2.24) is 4.90 Å². The van der Waals surface area contributed by atoms with Gasteiger partial charge in [0.25, 0.3) is 5.91 Å². The van der Waals surface area contributed by atoms with E-state index in [4.69, 9.17) is 16.9 Å². The molecule has 7 heteroatoms. The van der Waals surface area contributed by atoms with E-state index in [1.54, 1.807) is 29.2 Å². The summed E-state index contributed by atoms with van der Waals surface area (Å²) in [5.41, 5.74) is 1.02. The molecule has 3 rings (SSSR count). The van der Waals surface area contributed by atoms with E-state index >= 15 is 0 Å². The fourth-order valence-electron chi connectivity index (χ4n) is 2.55. The minimum Gasteiger partial charge on any atom is -0.281 e. The van der Waals surface area contributed by atoms with Crippen LogP contribution in [0.2, 0.25) is 5.02 Å². The smallest absolute Gasteiger partial charge is 0.260 e. The number of nitriles is 1. The Morgan fingerprint density at radius 3 is 2.62 bits per heavy atom. The van der Waals surface area contributed by atoms with Gasteiger partial charge in [-0.25, -0.2) is 9.38 Å². The standard InChI is InChI=1S/C19H15ClFN3OS/c1-19(2)11-26-18(23-14-7-8-16(21)15(20)9-14)24(19)17(25)13-5-3-12(10-22)4-6-13/h3-9H,11H2,1-2H3. The number of hydrogen-bond donors (Lipinski definition) is 0. The zero-order chi connectivity index (χ0) is 18.9. The van der Waals surface area contributed by atoms with Gasteiger partial charge in [-0.3, -0.25) is 9.69 Å². The van der Waals surface area contributed by atoms with Crippen LogP contribution < -0.4 is 0 Å². The van der Waals surface area contributed by atoms with Crippen LogP contribution in [0.5, 0.6) is 0 Å². The Kier molecular flexibility index (Phi) is 5.03. The lowest BCUT2D eigenvalue weighted by molar-refractivity contribution is 0.0767. The highest BCUT2D eigenvalue weighted by Gasteiger charge is 2.41. The predicted octanol–water partition coefficient (Wildman–Crippen LogP) is 5.01. The molecule has 0 radical (unpaired) electrons. The third kappa shape index (κ3) is 3.59. The average Bonchev–Trinajstić information content (AvgIpc) is 2.92. The van der Waals surface area contributed by atoms with Crippen LogP contribution in [0.3, 0.4) is 0 Å². The zero-order valence-corrected chi connectivity index (χ0v) is 15.7. The number of halogens is 2. The molecule has 0 unspecified atom stereocenters. The lowest BCUT2D eigenvalue weighted by Gasteiger charge is -2.30. The molecule has 0 aliphatic carbocycles. The fraction of sp³-hybridized carbons (Fsp3) is 0.211. The first-order valence-electron chi connectivity index (χ1n) is 7.83. The molecule has 1 amide bonds. The lowest BCUT2D eigenvalue weighted by Crippen LogP contribution is -2.46. The number of amidine groups is 1. The van der Waals surface area contributed by atoms with E-state index < -0.39 is 11.4 Å². The number of nitrogens with zero attached hydrogens (tertiary/aromatic N) is 3. The largest absolute Gasteiger partial charge is 0.281 e. The molecule has 1 saturated heterocycles. The topological polar surface area (TPSA) is 56.5 Å². The Hall–Kier alpha value is -2.36. The van der Waals surface area contributed by atoms with Crippen LogP contribution in [0.25, 0.3) is 0 Å². The van der Waals surface area contributed by atoms with E-state index in [1.165, 1.54) is 30.0 Å². The molecule has 2 aromatic carbocycles. The summed E-state index contributed by atoms with van der Waals surface area (Å²) in [6.07, 6.45) is 0. The van der Waals surface area contributed by atoms with Crippen LogP contribution in [-0.4, -0.2) is 27.3 Å². The molecule has 4 nitrogen and oxygen atoms in total. The van der Waals surface area contributed by atoms with Gasteiger partial charge in [-0.1, -0.05) is 23.4 Å². The quantitative estimate of drug-likeness (QED) is 0.728. The Morgan fingerprint density at radius 1 is 1.31 bits per heavy atom. The van der Waals surface area contributed by atoms with E-state index in [-0.39, 0.29) is 10.9 Å².